The van der Waals surface area contributed by atoms with Gasteiger partial charge in [0.2, 0.25) is 5.91 Å². The van der Waals surface area contributed by atoms with Crippen molar-refractivity contribution in [1.29, 1.82) is 0 Å². The Bertz CT molecular complexity index is 1340. The fourth-order valence-electron chi connectivity index (χ4n) is 4.65. The summed E-state index contributed by atoms with van der Waals surface area (Å²) in [5.74, 6) is 1.64. The van der Waals surface area contributed by atoms with Gasteiger partial charge < -0.3 is 24.3 Å². The zero-order valence-electron chi connectivity index (χ0n) is 22.7. The van der Waals surface area contributed by atoms with E-state index in [-0.39, 0.29) is 43.8 Å². The van der Waals surface area contributed by atoms with Crippen molar-refractivity contribution >= 4 is 23.5 Å². The average Bonchev–Trinajstić information content (AvgIpc) is 3.31. The minimum absolute atomic E-state index is 0.0386. The Morgan fingerprint density at radius 2 is 1.92 bits per heavy atom. The van der Waals surface area contributed by atoms with Gasteiger partial charge in [-0.2, -0.15) is 0 Å². The first-order valence-corrected chi connectivity index (χ1v) is 13.2. The molecule has 1 aliphatic rings. The van der Waals surface area contributed by atoms with E-state index in [2.05, 4.69) is 15.5 Å². The van der Waals surface area contributed by atoms with Gasteiger partial charge in [-0.3, -0.25) is 14.2 Å². The fourth-order valence-corrected chi connectivity index (χ4v) is 4.83. The van der Waals surface area contributed by atoms with Gasteiger partial charge in [-0.25, -0.2) is 0 Å². The highest BCUT2D eigenvalue weighted by atomic mass is 35.5. The van der Waals surface area contributed by atoms with Crippen molar-refractivity contribution < 1.29 is 28.5 Å². The molecule has 0 aliphatic carbocycles. The van der Waals surface area contributed by atoms with E-state index in [1.54, 1.807) is 33.3 Å². The largest absolute Gasteiger partial charge is 0.493 e. The van der Waals surface area contributed by atoms with Gasteiger partial charge in [-0.15, -0.1) is 10.2 Å². The summed E-state index contributed by atoms with van der Waals surface area (Å²) in [6, 6.07) is 11.1. The average molecular weight is 557 g/mol. The Kier molecular flexibility index (Phi) is 9.08. The van der Waals surface area contributed by atoms with E-state index in [0.29, 0.717) is 27.9 Å². The van der Waals surface area contributed by atoms with Crippen LogP contribution >= 0.6 is 11.6 Å². The Labute approximate surface area is 232 Å². The molecule has 0 fully saturated rings. The fraction of sp³-hybridized carbons (Fsp3) is 0.429. The Balaban J connectivity index is 1.79. The summed E-state index contributed by atoms with van der Waals surface area (Å²) in [5, 5.41) is 12.2. The minimum atomic E-state index is -0.778. The number of hydrogen-bond donors (Lipinski definition) is 1. The quantitative estimate of drug-likeness (QED) is 0.358. The Morgan fingerprint density at radius 3 is 2.62 bits per heavy atom. The molecule has 2 heterocycles. The second-order valence-corrected chi connectivity index (χ2v) is 9.74. The van der Waals surface area contributed by atoms with E-state index in [9.17, 15) is 9.59 Å². The number of carbonyl (C=O) groups is 2. The number of rotatable bonds is 10. The summed E-state index contributed by atoms with van der Waals surface area (Å²) in [7, 11) is 3.14. The number of benzene rings is 2. The van der Waals surface area contributed by atoms with Crippen LogP contribution in [0.15, 0.2) is 36.4 Å². The predicted molar refractivity (Wildman–Crippen MR) is 145 cm³/mol. The number of halogens is 1. The van der Waals surface area contributed by atoms with Crippen molar-refractivity contribution in [3.63, 3.8) is 0 Å². The summed E-state index contributed by atoms with van der Waals surface area (Å²) in [4.78, 5) is 24.7. The highest BCUT2D eigenvalue weighted by Crippen LogP contribution is 2.46. The summed E-state index contributed by atoms with van der Waals surface area (Å²) < 4.78 is 24.9. The predicted octanol–water partition coefficient (Wildman–Crippen LogP) is 4.68. The lowest BCUT2D eigenvalue weighted by Crippen LogP contribution is -2.29. The number of carbonyl (C=O) groups excluding carboxylic acids is 2. The lowest BCUT2D eigenvalue weighted by atomic mass is 9.98. The van der Waals surface area contributed by atoms with Gasteiger partial charge in [-0.05, 0) is 31.2 Å². The van der Waals surface area contributed by atoms with Gasteiger partial charge in [0.1, 0.15) is 18.0 Å². The monoisotopic (exact) mass is 556 g/mol. The molecule has 3 aromatic rings. The van der Waals surface area contributed by atoms with Crippen molar-refractivity contribution in [2.45, 2.75) is 51.7 Å². The number of nitrogens with zero attached hydrogens (tertiary/aromatic N) is 3. The molecule has 0 spiro atoms. The molecule has 0 saturated carbocycles. The van der Waals surface area contributed by atoms with Crippen LogP contribution in [0.5, 0.6) is 11.5 Å². The SMILES string of the molecule is CCOC(=O)CCNC(=O)CC1OC(c2cccc(OC)c2OC)c2cc(Cl)ccc2-n2c(C(C)C)nnc21. The van der Waals surface area contributed by atoms with Crippen LogP contribution in [0.1, 0.15) is 74.5 Å². The lowest BCUT2D eigenvalue weighted by Gasteiger charge is -2.25. The number of ether oxygens (including phenoxy) is 4. The molecule has 0 radical (unpaired) electrons. The molecule has 0 bridgehead atoms. The van der Waals surface area contributed by atoms with Crippen molar-refractivity contribution in [3.8, 4) is 17.2 Å². The van der Waals surface area contributed by atoms with Crippen LogP contribution in [-0.4, -0.2) is 54.0 Å². The van der Waals surface area contributed by atoms with Gasteiger partial charge in [-0.1, -0.05) is 37.6 Å². The molecule has 208 valence electrons. The molecule has 39 heavy (non-hydrogen) atoms. The minimum Gasteiger partial charge on any atom is -0.493 e. The molecule has 1 aromatic heterocycles. The first-order chi connectivity index (χ1) is 18.8. The molecule has 2 aromatic carbocycles. The number of para-hydroxylation sites is 1. The maximum absolute atomic E-state index is 13.0. The number of hydrogen-bond acceptors (Lipinski definition) is 8. The molecule has 2 unspecified atom stereocenters. The molecule has 2 atom stereocenters. The first kappa shape index (κ1) is 28.4. The van der Waals surface area contributed by atoms with E-state index in [1.165, 1.54) is 0 Å². The number of nitrogens with one attached hydrogen (secondary N) is 1. The summed E-state index contributed by atoms with van der Waals surface area (Å²) in [5.41, 5.74) is 2.27. The third kappa shape index (κ3) is 6.02. The number of amides is 1. The van der Waals surface area contributed by atoms with E-state index in [1.807, 2.05) is 42.7 Å². The van der Waals surface area contributed by atoms with E-state index in [0.717, 1.165) is 17.1 Å². The number of aromatic nitrogens is 3. The Hall–Kier alpha value is -3.63. The molecule has 1 N–H and O–H groups in total. The van der Waals surface area contributed by atoms with Crippen molar-refractivity contribution in [2.75, 3.05) is 27.4 Å². The molecule has 1 amide bonds. The maximum Gasteiger partial charge on any atom is 0.307 e. The van der Waals surface area contributed by atoms with Gasteiger partial charge in [0.05, 0.1) is 39.4 Å². The van der Waals surface area contributed by atoms with Crippen LogP contribution in [-0.2, 0) is 19.1 Å². The van der Waals surface area contributed by atoms with Crippen molar-refractivity contribution in [2.24, 2.45) is 0 Å². The molecule has 10 nitrogen and oxygen atoms in total. The molecular weight excluding hydrogens is 524 g/mol. The topological polar surface area (TPSA) is 114 Å². The third-order valence-electron chi connectivity index (χ3n) is 6.37. The number of esters is 1. The van der Waals surface area contributed by atoms with E-state index < -0.39 is 12.2 Å². The first-order valence-electron chi connectivity index (χ1n) is 12.8. The summed E-state index contributed by atoms with van der Waals surface area (Å²) in [6.45, 7) is 6.23. The highest BCUT2D eigenvalue weighted by Gasteiger charge is 2.37. The normalized spacial score (nSPS) is 16.2. The van der Waals surface area contributed by atoms with Gasteiger partial charge >= 0.3 is 5.97 Å². The Morgan fingerprint density at radius 1 is 1.13 bits per heavy atom. The zero-order chi connectivity index (χ0) is 28.1. The molecular formula is C28H33ClN4O6. The maximum atomic E-state index is 13.0. The highest BCUT2D eigenvalue weighted by molar-refractivity contribution is 6.30. The second-order valence-electron chi connectivity index (χ2n) is 9.31. The number of fused-ring (bicyclic) bond motifs is 3. The standard InChI is InChI=1S/C28H33ClN4O6/c1-6-38-24(35)12-13-30-23(34)15-22-28-32-31-27(16(2)3)33(28)20-11-10-17(29)14-19(20)25(39-22)18-8-7-9-21(36-4)26(18)37-5/h7-11,14,16,22,25H,6,12-13,15H2,1-5H3,(H,30,34). The second kappa shape index (κ2) is 12.5. The van der Waals surface area contributed by atoms with Crippen LogP contribution in [0, 0.1) is 0 Å². The van der Waals surface area contributed by atoms with E-state index >= 15 is 0 Å². The van der Waals surface area contributed by atoms with Crippen LogP contribution in [0.2, 0.25) is 5.02 Å². The van der Waals surface area contributed by atoms with Crippen molar-refractivity contribution in [1.82, 2.24) is 20.1 Å². The van der Waals surface area contributed by atoms with Gasteiger partial charge in [0.15, 0.2) is 17.3 Å². The van der Waals surface area contributed by atoms with Gasteiger partial charge in [0.25, 0.3) is 0 Å². The lowest BCUT2D eigenvalue weighted by molar-refractivity contribution is -0.143. The third-order valence-corrected chi connectivity index (χ3v) is 6.61. The smallest absolute Gasteiger partial charge is 0.307 e. The molecule has 1 aliphatic heterocycles. The van der Waals surface area contributed by atoms with Crippen molar-refractivity contribution in [3.05, 3.63) is 64.2 Å². The summed E-state index contributed by atoms with van der Waals surface area (Å²) in [6.07, 6.45) is -1.43. The zero-order valence-corrected chi connectivity index (χ0v) is 23.4. The summed E-state index contributed by atoms with van der Waals surface area (Å²) >= 11 is 6.49. The molecule has 4 rings (SSSR count). The number of methoxy groups -OCH3 is 2. The van der Waals surface area contributed by atoms with Gasteiger partial charge in [0, 0.05) is 28.6 Å². The van der Waals surface area contributed by atoms with Crippen LogP contribution < -0.4 is 14.8 Å². The molecule has 0 saturated heterocycles. The van der Waals surface area contributed by atoms with Crippen LogP contribution in [0.25, 0.3) is 5.69 Å². The molecule has 11 heteroatoms. The van der Waals surface area contributed by atoms with E-state index in [4.69, 9.17) is 30.5 Å². The van der Waals surface area contributed by atoms with Crippen LogP contribution in [0.4, 0.5) is 0 Å². The van der Waals surface area contributed by atoms with Crippen LogP contribution in [0.3, 0.4) is 0 Å².